The minimum atomic E-state index is -0.396. The zero-order chi connectivity index (χ0) is 19.6. The number of aryl methyl sites for hydroxylation is 1. The molecule has 0 amide bonds. The van der Waals surface area contributed by atoms with Crippen molar-refractivity contribution in [1.29, 1.82) is 0 Å². The van der Waals surface area contributed by atoms with Crippen LogP contribution in [0, 0.1) is 17.0 Å². The normalized spacial score (nSPS) is 10.8. The monoisotopic (exact) mass is 498 g/mol. The van der Waals surface area contributed by atoms with Gasteiger partial charge in [0.05, 0.1) is 18.6 Å². The molecule has 2 aromatic rings. The number of hydrogen-bond donors (Lipinski definition) is 2. The van der Waals surface area contributed by atoms with Crippen LogP contribution in [-0.4, -0.2) is 31.1 Å². The standard InChI is InChI=1S/C20H26N4O3.HI/c1-4-21-20(23-14-17-6-5-7-18(12-17)24(25)26)22-11-10-16-9-8-15(2)19(13-16)27-3;/h5-9,12-13H,4,10-11,14H2,1-3H3,(H2,21,22,23);1H. The summed E-state index contributed by atoms with van der Waals surface area (Å²) in [4.78, 5) is 15.0. The van der Waals surface area contributed by atoms with E-state index < -0.39 is 4.92 Å². The molecule has 0 aliphatic carbocycles. The molecule has 0 aliphatic heterocycles. The molecular weight excluding hydrogens is 471 g/mol. The summed E-state index contributed by atoms with van der Waals surface area (Å²) in [6.07, 6.45) is 0.831. The van der Waals surface area contributed by atoms with Crippen molar-refractivity contribution in [3.05, 3.63) is 69.3 Å². The Labute approximate surface area is 182 Å². The van der Waals surface area contributed by atoms with Gasteiger partial charge in [-0.3, -0.25) is 10.1 Å². The Bertz CT molecular complexity index is 812. The molecule has 8 heteroatoms. The van der Waals surface area contributed by atoms with Crippen molar-refractivity contribution in [2.75, 3.05) is 20.2 Å². The molecule has 0 heterocycles. The highest BCUT2D eigenvalue weighted by molar-refractivity contribution is 14.0. The zero-order valence-corrected chi connectivity index (χ0v) is 18.7. The Kier molecular flexibility index (Phi) is 10.3. The van der Waals surface area contributed by atoms with E-state index in [1.807, 2.05) is 26.0 Å². The van der Waals surface area contributed by atoms with E-state index in [1.165, 1.54) is 11.6 Å². The highest BCUT2D eigenvalue weighted by Crippen LogP contribution is 2.19. The molecule has 2 rings (SSSR count). The van der Waals surface area contributed by atoms with E-state index in [2.05, 4.69) is 27.8 Å². The average molecular weight is 498 g/mol. The first kappa shape index (κ1) is 23.7. The van der Waals surface area contributed by atoms with Crippen LogP contribution < -0.4 is 15.4 Å². The predicted octanol–water partition coefficient (Wildman–Crippen LogP) is 3.83. The first-order chi connectivity index (χ1) is 13.0. The number of non-ortho nitro benzene ring substituents is 1. The lowest BCUT2D eigenvalue weighted by molar-refractivity contribution is -0.384. The molecule has 28 heavy (non-hydrogen) atoms. The van der Waals surface area contributed by atoms with Crippen molar-refractivity contribution in [3.63, 3.8) is 0 Å². The molecule has 7 nitrogen and oxygen atoms in total. The van der Waals surface area contributed by atoms with E-state index in [1.54, 1.807) is 19.2 Å². The smallest absolute Gasteiger partial charge is 0.269 e. The molecule has 0 atom stereocenters. The third kappa shape index (κ3) is 7.34. The van der Waals surface area contributed by atoms with Crippen molar-refractivity contribution in [2.45, 2.75) is 26.8 Å². The van der Waals surface area contributed by atoms with Gasteiger partial charge in [-0.25, -0.2) is 4.99 Å². The van der Waals surface area contributed by atoms with E-state index >= 15 is 0 Å². The maximum atomic E-state index is 10.9. The van der Waals surface area contributed by atoms with Gasteiger partial charge in [-0.05, 0) is 43.0 Å². The maximum absolute atomic E-state index is 10.9. The van der Waals surface area contributed by atoms with Gasteiger partial charge in [-0.2, -0.15) is 0 Å². The highest BCUT2D eigenvalue weighted by atomic mass is 127. The van der Waals surface area contributed by atoms with E-state index in [0.29, 0.717) is 19.0 Å². The number of nitrogens with one attached hydrogen (secondary N) is 2. The van der Waals surface area contributed by atoms with Gasteiger partial charge < -0.3 is 15.4 Å². The van der Waals surface area contributed by atoms with Crippen LogP contribution in [0.2, 0.25) is 0 Å². The van der Waals surface area contributed by atoms with Crippen LogP contribution in [0.4, 0.5) is 5.69 Å². The van der Waals surface area contributed by atoms with Gasteiger partial charge in [-0.15, -0.1) is 24.0 Å². The fraction of sp³-hybridized carbons (Fsp3) is 0.350. The second-order valence-corrected chi connectivity index (χ2v) is 6.10. The lowest BCUT2D eigenvalue weighted by atomic mass is 10.1. The number of benzene rings is 2. The minimum Gasteiger partial charge on any atom is -0.496 e. The van der Waals surface area contributed by atoms with Crippen molar-refractivity contribution < 1.29 is 9.66 Å². The summed E-state index contributed by atoms with van der Waals surface area (Å²) in [5, 5.41) is 17.4. The number of methoxy groups -OCH3 is 1. The van der Waals surface area contributed by atoms with Crippen LogP contribution in [0.25, 0.3) is 0 Å². The molecule has 0 radical (unpaired) electrons. The van der Waals surface area contributed by atoms with Gasteiger partial charge in [0.15, 0.2) is 5.96 Å². The molecular formula is C20H27IN4O3. The summed E-state index contributed by atoms with van der Waals surface area (Å²) < 4.78 is 5.36. The third-order valence-electron chi connectivity index (χ3n) is 4.06. The first-order valence-electron chi connectivity index (χ1n) is 8.92. The molecule has 0 aliphatic rings. The number of ether oxygens (including phenoxy) is 1. The first-order valence-corrected chi connectivity index (χ1v) is 8.92. The van der Waals surface area contributed by atoms with Gasteiger partial charge >= 0.3 is 0 Å². The number of halogens is 1. The van der Waals surface area contributed by atoms with Gasteiger partial charge in [0.2, 0.25) is 0 Å². The molecule has 0 unspecified atom stereocenters. The van der Waals surface area contributed by atoms with Crippen LogP contribution in [-0.2, 0) is 13.0 Å². The fourth-order valence-electron chi connectivity index (χ4n) is 2.63. The number of guanidine groups is 1. The Balaban J connectivity index is 0.00000392. The maximum Gasteiger partial charge on any atom is 0.269 e. The number of nitrogens with zero attached hydrogens (tertiary/aromatic N) is 2. The second-order valence-electron chi connectivity index (χ2n) is 6.10. The molecule has 0 spiro atoms. The summed E-state index contributed by atoms with van der Waals surface area (Å²) in [5.74, 6) is 1.57. The van der Waals surface area contributed by atoms with Crippen LogP contribution in [0.15, 0.2) is 47.5 Å². The molecule has 0 fully saturated rings. The Hall–Kier alpha value is -2.36. The lowest BCUT2D eigenvalue weighted by Gasteiger charge is -2.12. The molecule has 2 aromatic carbocycles. The molecule has 0 saturated heterocycles. The molecule has 2 N–H and O–H groups in total. The minimum absolute atomic E-state index is 0. The fourth-order valence-corrected chi connectivity index (χ4v) is 2.63. The summed E-state index contributed by atoms with van der Waals surface area (Å²) in [6, 6.07) is 12.7. The quantitative estimate of drug-likeness (QED) is 0.190. The van der Waals surface area contributed by atoms with E-state index in [0.717, 1.165) is 29.8 Å². The van der Waals surface area contributed by atoms with Crippen LogP contribution in [0.1, 0.15) is 23.6 Å². The van der Waals surface area contributed by atoms with E-state index in [9.17, 15) is 10.1 Å². The SMILES string of the molecule is CCNC(=NCc1cccc([N+](=O)[O-])c1)NCCc1ccc(C)c(OC)c1.I. The van der Waals surface area contributed by atoms with Gasteiger partial charge in [0.1, 0.15) is 5.75 Å². The molecule has 0 saturated carbocycles. The Morgan fingerprint density at radius 1 is 1.18 bits per heavy atom. The number of aliphatic imine (C=N–C) groups is 1. The van der Waals surface area contributed by atoms with Crippen molar-refractivity contribution >= 4 is 35.6 Å². The second kappa shape index (κ2) is 12.2. The van der Waals surface area contributed by atoms with Crippen molar-refractivity contribution in [1.82, 2.24) is 10.6 Å². The molecule has 0 bridgehead atoms. The third-order valence-corrected chi connectivity index (χ3v) is 4.06. The Morgan fingerprint density at radius 3 is 2.64 bits per heavy atom. The summed E-state index contributed by atoms with van der Waals surface area (Å²) in [7, 11) is 1.67. The predicted molar refractivity (Wildman–Crippen MR) is 123 cm³/mol. The Morgan fingerprint density at radius 2 is 1.96 bits per heavy atom. The van der Waals surface area contributed by atoms with Gasteiger partial charge in [-0.1, -0.05) is 24.3 Å². The van der Waals surface area contributed by atoms with Gasteiger partial charge in [0, 0.05) is 25.2 Å². The van der Waals surface area contributed by atoms with Crippen LogP contribution in [0.3, 0.4) is 0 Å². The molecule has 152 valence electrons. The van der Waals surface area contributed by atoms with Crippen molar-refractivity contribution in [2.24, 2.45) is 4.99 Å². The summed E-state index contributed by atoms with van der Waals surface area (Å²) >= 11 is 0. The van der Waals surface area contributed by atoms with Gasteiger partial charge in [0.25, 0.3) is 5.69 Å². The topological polar surface area (TPSA) is 88.8 Å². The summed E-state index contributed by atoms with van der Waals surface area (Å²) in [6.45, 7) is 5.83. The van der Waals surface area contributed by atoms with E-state index in [4.69, 9.17) is 4.74 Å². The van der Waals surface area contributed by atoms with E-state index in [-0.39, 0.29) is 29.7 Å². The largest absolute Gasteiger partial charge is 0.496 e. The van der Waals surface area contributed by atoms with Crippen LogP contribution >= 0.6 is 24.0 Å². The number of nitro groups is 1. The van der Waals surface area contributed by atoms with Crippen molar-refractivity contribution in [3.8, 4) is 5.75 Å². The number of hydrogen-bond acceptors (Lipinski definition) is 4. The number of rotatable bonds is 8. The average Bonchev–Trinajstić information content (AvgIpc) is 2.67. The summed E-state index contributed by atoms with van der Waals surface area (Å²) in [5.41, 5.74) is 3.17. The zero-order valence-electron chi connectivity index (χ0n) is 16.4. The lowest BCUT2D eigenvalue weighted by Crippen LogP contribution is -2.38. The molecule has 0 aromatic heterocycles. The highest BCUT2D eigenvalue weighted by Gasteiger charge is 2.06. The van der Waals surface area contributed by atoms with Crippen LogP contribution in [0.5, 0.6) is 5.75 Å². The number of nitro benzene ring substituents is 1.